The molecule has 2 heteroatoms. The molecule has 0 aliphatic heterocycles. The van der Waals surface area contributed by atoms with E-state index in [1.54, 1.807) is 0 Å². The number of hydrogen-bond acceptors (Lipinski definition) is 2. The van der Waals surface area contributed by atoms with Gasteiger partial charge in [-0.15, -0.1) is 0 Å². The fourth-order valence-electron chi connectivity index (χ4n) is 13.5. The van der Waals surface area contributed by atoms with Gasteiger partial charge in [0.2, 0.25) is 0 Å². The van der Waals surface area contributed by atoms with Crippen molar-refractivity contribution >= 4 is 28.4 Å². The molecule has 0 aliphatic carbocycles. The minimum Gasteiger partial charge on any atom is -0.314 e. The van der Waals surface area contributed by atoms with Crippen LogP contribution in [0.4, 0.5) is 28.4 Å². The molecule has 0 bridgehead atoms. The number of unbranched alkanes of at least 4 members (excludes halogenated alkanes) is 6. The van der Waals surface area contributed by atoms with Crippen LogP contribution in [0.3, 0.4) is 0 Å². The number of benzene rings is 10. The number of hydrogen-bond donors (Lipinski definition) is 0. The lowest BCUT2D eigenvalue weighted by Gasteiger charge is -2.30. The van der Waals surface area contributed by atoms with E-state index in [0.29, 0.717) is 5.92 Å². The average molecular weight is 1180 g/mol. The highest BCUT2D eigenvalue weighted by Crippen LogP contribution is 2.43. The largest absolute Gasteiger partial charge is 0.314 e. The predicted molar refractivity (Wildman–Crippen MR) is 393 cm³/mol. The first kappa shape index (κ1) is 64.5. The van der Waals surface area contributed by atoms with E-state index in [-0.39, 0.29) is 5.41 Å². The molecule has 0 saturated heterocycles. The van der Waals surface area contributed by atoms with Crippen molar-refractivity contribution in [1.29, 1.82) is 0 Å². The number of allylic oxidation sites excluding steroid dienone is 2. The minimum absolute atomic E-state index is 0.154. The van der Waals surface area contributed by atoms with Crippen molar-refractivity contribution in [2.24, 2.45) is 5.92 Å². The summed E-state index contributed by atoms with van der Waals surface area (Å²) in [4.78, 5) is 4.85. The summed E-state index contributed by atoms with van der Waals surface area (Å²) in [5, 5.41) is 0. The number of anilines is 5. The van der Waals surface area contributed by atoms with Crippen molar-refractivity contribution in [2.75, 3.05) is 9.80 Å². The molecule has 0 fully saturated rings. The van der Waals surface area contributed by atoms with Crippen LogP contribution in [0, 0.1) is 5.92 Å². The van der Waals surface area contributed by atoms with Gasteiger partial charge >= 0.3 is 0 Å². The van der Waals surface area contributed by atoms with Gasteiger partial charge in [0, 0.05) is 34.1 Å². The van der Waals surface area contributed by atoms with Gasteiger partial charge in [-0.3, -0.25) is 0 Å². The second-order valence-electron chi connectivity index (χ2n) is 25.5. The Bertz CT molecular complexity index is 3900. The molecular formula is C88H98N2. The van der Waals surface area contributed by atoms with Crippen molar-refractivity contribution < 1.29 is 0 Å². The first-order valence-electron chi connectivity index (χ1n) is 34.3. The van der Waals surface area contributed by atoms with Crippen LogP contribution < -0.4 is 9.80 Å². The smallest absolute Gasteiger partial charge is 0.0462 e. The van der Waals surface area contributed by atoms with Gasteiger partial charge in [0.05, 0.1) is 0 Å². The third kappa shape index (κ3) is 14.9. The highest BCUT2D eigenvalue weighted by atomic mass is 15.2. The molecule has 0 amide bonds. The quantitative estimate of drug-likeness (QED) is 0.0451. The van der Waals surface area contributed by atoms with E-state index in [9.17, 15) is 0 Å². The summed E-state index contributed by atoms with van der Waals surface area (Å²) in [6.45, 7) is 23.1. The summed E-state index contributed by atoms with van der Waals surface area (Å²) < 4.78 is 0. The summed E-state index contributed by atoms with van der Waals surface area (Å²) >= 11 is 0. The summed E-state index contributed by atoms with van der Waals surface area (Å²) in [5.74, 6) is 0.349. The van der Waals surface area contributed by atoms with Gasteiger partial charge in [0.1, 0.15) is 0 Å². The Balaban J connectivity index is 0.977. The van der Waals surface area contributed by atoms with Crippen LogP contribution in [0.5, 0.6) is 0 Å². The van der Waals surface area contributed by atoms with Crippen molar-refractivity contribution in [3.05, 3.63) is 270 Å². The maximum atomic E-state index is 2.62. The SMILES string of the molecule is C/C=C(/C(C)C)N(c1ccc(-c2ccccc2)cc1)c1ccc(-c2ccc(-c3cc(CCCCCC)c(-c4ccc(-c5ccc(N(c6ccc(-c7ccccc7)cc6)c6ccc(C(C)(CC)CC)cc6)cc5)c(CC)c4)cc3CCCCCC)cc2CC)cc1. The molecule has 90 heavy (non-hydrogen) atoms. The van der Waals surface area contributed by atoms with Gasteiger partial charge in [0.25, 0.3) is 0 Å². The maximum absolute atomic E-state index is 2.62. The lowest BCUT2D eigenvalue weighted by molar-refractivity contribution is 0.439. The second-order valence-corrected chi connectivity index (χ2v) is 25.5. The Morgan fingerprint density at radius 2 is 0.711 bits per heavy atom. The molecule has 0 N–H and O–H groups in total. The van der Waals surface area contributed by atoms with E-state index in [1.165, 1.54) is 163 Å². The van der Waals surface area contributed by atoms with Gasteiger partial charge in [-0.1, -0.05) is 277 Å². The van der Waals surface area contributed by atoms with Crippen LogP contribution in [-0.2, 0) is 31.1 Å². The summed E-state index contributed by atoms with van der Waals surface area (Å²) in [6.07, 6.45) is 18.4. The molecule has 0 radical (unpaired) electrons. The fraction of sp³-hybridized carbons (Fsp3) is 0.295. The minimum atomic E-state index is 0.154. The van der Waals surface area contributed by atoms with E-state index in [2.05, 4.69) is 316 Å². The highest BCUT2D eigenvalue weighted by molar-refractivity contribution is 5.84. The van der Waals surface area contributed by atoms with Crippen molar-refractivity contribution in [2.45, 2.75) is 165 Å². The highest BCUT2D eigenvalue weighted by Gasteiger charge is 2.24. The van der Waals surface area contributed by atoms with Crippen molar-refractivity contribution in [3.8, 4) is 66.8 Å². The molecule has 10 aromatic carbocycles. The van der Waals surface area contributed by atoms with Gasteiger partial charge in [0.15, 0.2) is 0 Å². The molecular weight excluding hydrogens is 1080 g/mol. The first-order valence-corrected chi connectivity index (χ1v) is 34.3. The Morgan fingerprint density at radius 3 is 1.07 bits per heavy atom. The molecule has 0 spiro atoms. The van der Waals surface area contributed by atoms with E-state index in [4.69, 9.17) is 0 Å². The standard InChI is InChI=1S/C88H98N2/c1-11-18-20-24-34-73-63-86(76-45-59-84(66(14-4)61-76)72-42-54-82(55-43-72)90(87(15-5)64(8)9)81-50-38-70(39-51-81)68-32-28-23-29-33-68)74(35-25-21-19-12-2)62-85(73)75-44-58-83(65(13-3)60-75)71-40-52-79(53-41-71)89(80-56-46-77(47-57-80)88(10,16-6)17-7)78-48-36-69(37-49-78)67-30-26-22-27-31-67/h15,22-23,26-33,36-64H,11-14,16-21,24-25,34-35H2,1-10H3/b87-15-. The van der Waals surface area contributed by atoms with Crippen molar-refractivity contribution in [1.82, 2.24) is 0 Å². The number of rotatable bonds is 28. The molecule has 460 valence electrons. The zero-order valence-corrected chi connectivity index (χ0v) is 55.9. The van der Waals surface area contributed by atoms with E-state index in [0.717, 1.165) is 55.6 Å². The number of aryl methyl sites for hydroxylation is 4. The summed E-state index contributed by atoms with van der Waals surface area (Å²) in [5.41, 5.74) is 29.8. The zero-order chi connectivity index (χ0) is 63.0. The van der Waals surface area contributed by atoms with Crippen LogP contribution in [0.2, 0.25) is 0 Å². The summed E-state index contributed by atoms with van der Waals surface area (Å²) in [6, 6.07) is 87.4. The lowest BCUT2D eigenvalue weighted by Crippen LogP contribution is -2.20. The van der Waals surface area contributed by atoms with E-state index in [1.807, 2.05) is 0 Å². The monoisotopic (exact) mass is 1180 g/mol. The second kappa shape index (κ2) is 30.8. The molecule has 0 heterocycles. The molecule has 0 saturated carbocycles. The van der Waals surface area contributed by atoms with Crippen LogP contribution in [0.15, 0.2) is 242 Å². The Kier molecular flexibility index (Phi) is 22.1. The van der Waals surface area contributed by atoms with Gasteiger partial charge in [-0.2, -0.15) is 0 Å². The van der Waals surface area contributed by atoms with Crippen LogP contribution in [0.25, 0.3) is 66.8 Å². The van der Waals surface area contributed by atoms with Crippen LogP contribution >= 0.6 is 0 Å². The molecule has 0 unspecified atom stereocenters. The fourth-order valence-corrected chi connectivity index (χ4v) is 13.5. The average Bonchev–Trinajstić information content (AvgIpc) is 1.05. The maximum Gasteiger partial charge on any atom is 0.0462 e. The van der Waals surface area contributed by atoms with Gasteiger partial charge < -0.3 is 9.80 Å². The lowest BCUT2D eigenvalue weighted by atomic mass is 9.78. The Morgan fingerprint density at radius 1 is 0.356 bits per heavy atom. The Labute approximate surface area is 542 Å². The molecule has 10 rings (SSSR count). The van der Waals surface area contributed by atoms with Gasteiger partial charge in [-0.25, -0.2) is 0 Å². The van der Waals surface area contributed by atoms with Gasteiger partial charge in [-0.05, 0) is 225 Å². The molecule has 0 aromatic heterocycles. The first-order chi connectivity index (χ1) is 44.0. The normalized spacial score (nSPS) is 11.8. The third-order valence-electron chi connectivity index (χ3n) is 19.4. The molecule has 2 nitrogen and oxygen atoms in total. The third-order valence-corrected chi connectivity index (χ3v) is 19.4. The number of nitrogens with zero attached hydrogens (tertiary/aromatic N) is 2. The predicted octanol–water partition coefficient (Wildman–Crippen LogP) is 26.3. The molecule has 0 atom stereocenters. The Hall–Kier alpha value is -8.46. The summed E-state index contributed by atoms with van der Waals surface area (Å²) in [7, 11) is 0. The van der Waals surface area contributed by atoms with Crippen LogP contribution in [-0.4, -0.2) is 0 Å². The van der Waals surface area contributed by atoms with Crippen molar-refractivity contribution in [3.63, 3.8) is 0 Å². The zero-order valence-electron chi connectivity index (χ0n) is 55.9. The van der Waals surface area contributed by atoms with E-state index < -0.39 is 0 Å². The van der Waals surface area contributed by atoms with E-state index >= 15 is 0 Å². The topological polar surface area (TPSA) is 6.48 Å². The molecule has 10 aromatic rings. The molecule has 0 aliphatic rings. The van der Waals surface area contributed by atoms with Crippen LogP contribution in [0.1, 0.15) is 161 Å².